The van der Waals surface area contributed by atoms with Crippen molar-refractivity contribution in [1.82, 2.24) is 0 Å². The van der Waals surface area contributed by atoms with Crippen molar-refractivity contribution in [2.24, 2.45) is 0 Å². The monoisotopic (exact) mass is 143 g/mol. The summed E-state index contributed by atoms with van der Waals surface area (Å²) in [6, 6.07) is 3.32. The van der Waals surface area contributed by atoms with Crippen LogP contribution in [0.15, 0.2) is 18.2 Å². The Balaban J connectivity index is 3.09. The molecule has 3 nitrogen and oxygen atoms in total. The Bertz CT molecular complexity index is 239. The molecule has 0 aliphatic heterocycles. The average molecular weight is 143 g/mol. The van der Waals surface area contributed by atoms with Gasteiger partial charge < -0.3 is 5.11 Å². The number of benzene rings is 1. The van der Waals surface area contributed by atoms with Crippen molar-refractivity contribution in [3.05, 3.63) is 24.0 Å². The van der Waals surface area contributed by atoms with E-state index >= 15 is 0 Å². The number of phenolic OH excluding ortho intramolecular Hbond substituents is 1. The average Bonchev–Trinajstić information content (AvgIpc) is 1.94. The summed E-state index contributed by atoms with van der Waals surface area (Å²) in [5.74, 6) is -0.710. The zero-order chi connectivity index (χ0) is 7.56. The molecule has 3 N–H and O–H groups in total. The number of aromatic hydroxyl groups is 1. The van der Waals surface area contributed by atoms with E-state index in [9.17, 15) is 4.39 Å². The van der Waals surface area contributed by atoms with Gasteiger partial charge >= 0.3 is 0 Å². The fraction of sp³-hybridized carbons (Fsp3) is 0. The summed E-state index contributed by atoms with van der Waals surface area (Å²) in [6.45, 7) is 0. The fourth-order valence-corrected chi connectivity index (χ4v) is 0.599. The molecule has 0 bridgehead atoms. The molecule has 54 valence electrons. The highest BCUT2D eigenvalue weighted by atomic mass is 19.1. The van der Waals surface area contributed by atoms with Gasteiger partial charge in [-0.25, -0.2) is 4.39 Å². The Labute approximate surface area is 56.7 Å². The van der Waals surface area contributed by atoms with E-state index in [1.54, 1.807) is 5.48 Å². The van der Waals surface area contributed by atoms with Crippen LogP contribution in [-0.4, -0.2) is 10.3 Å². The molecule has 1 aromatic rings. The molecule has 0 radical (unpaired) electrons. The zero-order valence-corrected chi connectivity index (χ0v) is 5.00. The second-order valence-corrected chi connectivity index (χ2v) is 1.78. The van der Waals surface area contributed by atoms with Crippen LogP contribution in [-0.2, 0) is 0 Å². The molecule has 0 atom stereocenters. The second kappa shape index (κ2) is 2.53. The van der Waals surface area contributed by atoms with Crippen LogP contribution in [0.1, 0.15) is 0 Å². The fourth-order valence-electron chi connectivity index (χ4n) is 0.599. The van der Waals surface area contributed by atoms with E-state index in [2.05, 4.69) is 0 Å². The highest BCUT2D eigenvalue weighted by Crippen LogP contribution is 2.18. The summed E-state index contributed by atoms with van der Waals surface area (Å²) in [5.41, 5.74) is 1.46. The first-order chi connectivity index (χ1) is 4.74. The van der Waals surface area contributed by atoms with Gasteiger partial charge in [-0.2, -0.15) is 0 Å². The lowest BCUT2D eigenvalue weighted by molar-refractivity contribution is 0.382. The third-order valence-electron chi connectivity index (χ3n) is 1.07. The lowest BCUT2D eigenvalue weighted by atomic mass is 10.3. The molecule has 0 fully saturated rings. The van der Waals surface area contributed by atoms with Crippen molar-refractivity contribution in [2.75, 3.05) is 5.48 Å². The molecule has 0 aliphatic carbocycles. The topological polar surface area (TPSA) is 52.5 Å². The summed E-state index contributed by atoms with van der Waals surface area (Å²) in [4.78, 5) is 0. The van der Waals surface area contributed by atoms with Gasteiger partial charge in [0.15, 0.2) is 0 Å². The van der Waals surface area contributed by atoms with Crippen LogP contribution in [0.2, 0.25) is 0 Å². The highest BCUT2D eigenvalue weighted by molar-refractivity contribution is 5.47. The molecule has 1 rings (SSSR count). The standard InChI is InChI=1S/C6H6FNO2/c7-5-2-1-4(9)3-6(5)8-10/h1-3,8-10H. The lowest BCUT2D eigenvalue weighted by Crippen LogP contribution is -1.91. The molecule has 0 heterocycles. The van der Waals surface area contributed by atoms with E-state index in [4.69, 9.17) is 10.3 Å². The van der Waals surface area contributed by atoms with Crippen molar-refractivity contribution in [3.63, 3.8) is 0 Å². The SMILES string of the molecule is ONc1cc(O)ccc1F. The molecule has 0 saturated carbocycles. The number of hydrogen-bond donors (Lipinski definition) is 3. The second-order valence-electron chi connectivity index (χ2n) is 1.78. The first-order valence-electron chi connectivity index (χ1n) is 2.62. The maximum absolute atomic E-state index is 12.4. The molecule has 0 unspecified atom stereocenters. The molecule has 0 amide bonds. The Hall–Kier alpha value is -1.29. The molecule has 4 heteroatoms. The summed E-state index contributed by atoms with van der Waals surface area (Å²) in [7, 11) is 0. The summed E-state index contributed by atoms with van der Waals surface area (Å²) < 4.78 is 12.4. The van der Waals surface area contributed by atoms with Crippen LogP contribution < -0.4 is 5.48 Å². The van der Waals surface area contributed by atoms with Crippen LogP contribution in [0.5, 0.6) is 5.75 Å². The number of phenols is 1. The van der Waals surface area contributed by atoms with Gasteiger partial charge in [0.05, 0.1) is 5.69 Å². The summed E-state index contributed by atoms with van der Waals surface area (Å²) in [6.07, 6.45) is 0. The van der Waals surface area contributed by atoms with Crippen LogP contribution in [0.3, 0.4) is 0 Å². The summed E-state index contributed by atoms with van der Waals surface area (Å²) >= 11 is 0. The zero-order valence-electron chi connectivity index (χ0n) is 5.00. The largest absolute Gasteiger partial charge is 0.508 e. The van der Waals surface area contributed by atoms with Gasteiger partial charge in [-0.15, -0.1) is 0 Å². The van der Waals surface area contributed by atoms with Gasteiger partial charge in [-0.05, 0) is 12.1 Å². The number of halogens is 1. The third-order valence-corrected chi connectivity index (χ3v) is 1.07. The molecule has 10 heavy (non-hydrogen) atoms. The quantitative estimate of drug-likeness (QED) is 0.520. The van der Waals surface area contributed by atoms with Crippen LogP contribution >= 0.6 is 0 Å². The maximum atomic E-state index is 12.4. The van der Waals surface area contributed by atoms with Gasteiger partial charge in [-0.1, -0.05) is 0 Å². The Kier molecular flexibility index (Phi) is 1.73. The Morgan fingerprint density at radius 2 is 2.10 bits per heavy atom. The first kappa shape index (κ1) is 6.82. The molecular weight excluding hydrogens is 137 g/mol. The minimum atomic E-state index is -0.611. The highest BCUT2D eigenvalue weighted by Gasteiger charge is 1.99. The number of hydrogen-bond acceptors (Lipinski definition) is 3. The first-order valence-corrected chi connectivity index (χ1v) is 2.62. The molecule has 0 aromatic heterocycles. The van der Waals surface area contributed by atoms with E-state index in [0.717, 1.165) is 12.1 Å². The molecular formula is C6H6FNO2. The number of anilines is 1. The molecule has 0 saturated heterocycles. The molecule has 1 aromatic carbocycles. The predicted octanol–water partition coefficient (Wildman–Crippen LogP) is 1.33. The van der Waals surface area contributed by atoms with Crippen molar-refractivity contribution < 1.29 is 14.7 Å². The van der Waals surface area contributed by atoms with E-state index < -0.39 is 5.82 Å². The lowest BCUT2D eigenvalue weighted by Gasteiger charge is -1.99. The van der Waals surface area contributed by atoms with Gasteiger partial charge in [0, 0.05) is 6.07 Å². The van der Waals surface area contributed by atoms with E-state index in [1.165, 1.54) is 6.07 Å². The minimum Gasteiger partial charge on any atom is -0.508 e. The predicted molar refractivity (Wildman–Crippen MR) is 33.5 cm³/mol. The number of rotatable bonds is 1. The van der Waals surface area contributed by atoms with Crippen molar-refractivity contribution in [2.45, 2.75) is 0 Å². The van der Waals surface area contributed by atoms with E-state index in [0.29, 0.717) is 0 Å². The van der Waals surface area contributed by atoms with Crippen LogP contribution in [0.25, 0.3) is 0 Å². The van der Waals surface area contributed by atoms with E-state index in [-0.39, 0.29) is 11.4 Å². The maximum Gasteiger partial charge on any atom is 0.148 e. The van der Waals surface area contributed by atoms with E-state index in [1.807, 2.05) is 0 Å². The molecule has 0 aliphatic rings. The van der Waals surface area contributed by atoms with Gasteiger partial charge in [0.1, 0.15) is 11.6 Å². The van der Waals surface area contributed by atoms with Crippen LogP contribution in [0.4, 0.5) is 10.1 Å². The normalized spacial score (nSPS) is 9.40. The van der Waals surface area contributed by atoms with Crippen molar-refractivity contribution in [3.8, 4) is 5.75 Å². The smallest absolute Gasteiger partial charge is 0.148 e. The van der Waals surface area contributed by atoms with Gasteiger partial charge in [0.2, 0.25) is 0 Å². The minimum absolute atomic E-state index is 0.0991. The van der Waals surface area contributed by atoms with Gasteiger partial charge in [-0.3, -0.25) is 10.7 Å². The Morgan fingerprint density at radius 3 is 2.60 bits per heavy atom. The summed E-state index contributed by atoms with van der Waals surface area (Å²) in [5, 5.41) is 17.0. The van der Waals surface area contributed by atoms with Crippen molar-refractivity contribution >= 4 is 5.69 Å². The van der Waals surface area contributed by atoms with Crippen LogP contribution in [0, 0.1) is 5.82 Å². The number of nitrogens with one attached hydrogen (secondary N) is 1. The van der Waals surface area contributed by atoms with Crippen molar-refractivity contribution in [1.29, 1.82) is 0 Å². The Morgan fingerprint density at radius 1 is 1.40 bits per heavy atom. The molecule has 0 spiro atoms. The van der Waals surface area contributed by atoms with Gasteiger partial charge in [0.25, 0.3) is 0 Å². The third kappa shape index (κ3) is 1.16.